The molecule has 1 atom stereocenters. The Morgan fingerprint density at radius 1 is 1.04 bits per heavy atom. The lowest BCUT2D eigenvalue weighted by Gasteiger charge is -2.18. The number of hydrogen-bond acceptors (Lipinski definition) is 8. The van der Waals surface area contributed by atoms with Crippen molar-refractivity contribution in [2.75, 3.05) is 27.8 Å². The van der Waals surface area contributed by atoms with Gasteiger partial charge in [0.05, 0.1) is 18.4 Å². The maximum atomic E-state index is 13.1. The Morgan fingerprint density at radius 2 is 1.67 bits per heavy atom. The lowest BCUT2D eigenvalue weighted by Crippen LogP contribution is -2.27. The van der Waals surface area contributed by atoms with Crippen LogP contribution in [0.4, 0.5) is 13.2 Å². The minimum absolute atomic E-state index is 0.0441. The number of halogens is 3. The summed E-state index contributed by atoms with van der Waals surface area (Å²) in [5, 5.41) is 19.4. The largest absolute Gasteiger partial charge is 0.493 e. The zero-order valence-electron chi connectivity index (χ0n) is 25.9. The van der Waals surface area contributed by atoms with E-state index in [-0.39, 0.29) is 29.6 Å². The Kier molecular flexibility index (Phi) is 11.7. The number of likely N-dealkylation sites (N-methyl/N-ethyl adjacent to an activating group) is 1. The average Bonchev–Trinajstić information content (AvgIpc) is 3.43. The first-order valence-corrected chi connectivity index (χ1v) is 13.9. The molecule has 4 rings (SSSR count). The first-order chi connectivity index (χ1) is 22.5. The van der Waals surface area contributed by atoms with Gasteiger partial charge in [0.15, 0.2) is 18.1 Å². The molecule has 4 aromatic rings. The predicted molar refractivity (Wildman–Crippen MR) is 167 cm³/mol. The summed E-state index contributed by atoms with van der Waals surface area (Å²) < 4.78 is 44.1. The molecule has 48 heavy (non-hydrogen) atoms. The molecule has 0 fully saturated rings. The topological polar surface area (TPSA) is 220 Å². The fraction of sp³-hybridized carbons (Fsp3) is 0.226. The summed E-state index contributed by atoms with van der Waals surface area (Å²) in [7, 11) is 4.77. The van der Waals surface area contributed by atoms with Crippen LogP contribution in [0.15, 0.2) is 71.5 Å². The first-order valence-electron chi connectivity index (χ1n) is 13.9. The number of primary amides is 1. The summed E-state index contributed by atoms with van der Waals surface area (Å²) >= 11 is 0. The predicted octanol–water partition coefficient (Wildman–Crippen LogP) is 2.43. The number of nitrogens with two attached hydrogens (primary N) is 2. The highest BCUT2D eigenvalue weighted by Gasteiger charge is 2.38. The van der Waals surface area contributed by atoms with Crippen molar-refractivity contribution in [3.8, 4) is 17.2 Å². The minimum atomic E-state index is -5.08. The molecule has 0 aliphatic rings. The molecule has 7 N–H and O–H groups in total. The van der Waals surface area contributed by atoms with Crippen LogP contribution in [0.3, 0.4) is 0 Å². The van der Waals surface area contributed by atoms with E-state index in [1.165, 1.54) is 18.1 Å². The van der Waals surface area contributed by atoms with E-state index in [0.29, 0.717) is 29.3 Å². The third-order valence-corrected chi connectivity index (χ3v) is 6.75. The molecule has 0 aliphatic carbocycles. The monoisotopic (exact) mass is 671 g/mol. The van der Waals surface area contributed by atoms with Gasteiger partial charge >= 0.3 is 17.8 Å². The Morgan fingerprint density at radius 3 is 2.21 bits per heavy atom. The van der Waals surface area contributed by atoms with E-state index in [1.54, 1.807) is 62.6 Å². The van der Waals surface area contributed by atoms with Crippen LogP contribution >= 0.6 is 0 Å². The van der Waals surface area contributed by atoms with Crippen molar-refractivity contribution in [2.24, 2.45) is 11.5 Å². The van der Waals surface area contributed by atoms with Crippen molar-refractivity contribution in [1.82, 2.24) is 19.7 Å². The zero-order chi connectivity index (χ0) is 35.8. The number of nitrogen functional groups attached to an aromatic ring is 1. The molecular formula is C31H32F3N7O7. The van der Waals surface area contributed by atoms with Gasteiger partial charge in [-0.3, -0.25) is 20.0 Å². The summed E-state index contributed by atoms with van der Waals surface area (Å²) in [6.07, 6.45) is -4.68. The van der Waals surface area contributed by atoms with E-state index < -0.39 is 29.7 Å². The van der Waals surface area contributed by atoms with E-state index >= 15 is 0 Å². The first kappa shape index (κ1) is 36.3. The minimum Gasteiger partial charge on any atom is -0.493 e. The second-order valence-corrected chi connectivity index (χ2v) is 10.3. The number of alkyl halides is 3. The highest BCUT2D eigenvalue weighted by Crippen LogP contribution is 2.34. The van der Waals surface area contributed by atoms with E-state index in [4.69, 9.17) is 36.3 Å². The van der Waals surface area contributed by atoms with E-state index in [9.17, 15) is 27.6 Å². The number of nitrogens with one attached hydrogen (secondary N) is 2. The molecule has 2 amide bonds. The number of methoxy groups -OCH3 is 1. The molecule has 1 heterocycles. The van der Waals surface area contributed by atoms with Crippen LogP contribution in [0.5, 0.6) is 11.5 Å². The van der Waals surface area contributed by atoms with Gasteiger partial charge in [-0.05, 0) is 41.8 Å². The van der Waals surface area contributed by atoms with Crippen LogP contribution in [0.25, 0.3) is 5.69 Å². The molecule has 254 valence electrons. The van der Waals surface area contributed by atoms with Crippen molar-refractivity contribution in [3.63, 3.8) is 0 Å². The normalized spacial score (nSPS) is 11.5. The summed E-state index contributed by atoms with van der Waals surface area (Å²) in [5.74, 6) is -3.06. The number of carboxylic acid groups (broad SMARTS) is 1. The van der Waals surface area contributed by atoms with Gasteiger partial charge in [-0.15, -0.1) is 5.10 Å². The summed E-state index contributed by atoms with van der Waals surface area (Å²) in [4.78, 5) is 50.3. The van der Waals surface area contributed by atoms with Crippen molar-refractivity contribution in [3.05, 3.63) is 105 Å². The summed E-state index contributed by atoms with van der Waals surface area (Å²) in [6.45, 7) is -0.161. The van der Waals surface area contributed by atoms with Crippen LogP contribution in [0, 0.1) is 5.41 Å². The van der Waals surface area contributed by atoms with Crippen molar-refractivity contribution in [2.45, 2.75) is 18.5 Å². The smallest absolute Gasteiger partial charge is 0.490 e. The molecule has 0 saturated carbocycles. The highest BCUT2D eigenvalue weighted by molar-refractivity contribution is 5.96. The van der Waals surface area contributed by atoms with Gasteiger partial charge in [-0.2, -0.15) is 17.9 Å². The molecular weight excluding hydrogens is 639 g/mol. The number of carboxylic acids is 1. The number of aromatic nitrogens is 3. The van der Waals surface area contributed by atoms with Crippen LogP contribution in [0.1, 0.15) is 38.8 Å². The van der Waals surface area contributed by atoms with Crippen molar-refractivity contribution >= 4 is 23.6 Å². The number of aliphatic carboxylic acids is 1. The number of benzene rings is 3. The number of carbonyl (C=O) groups is 3. The third-order valence-electron chi connectivity index (χ3n) is 6.75. The van der Waals surface area contributed by atoms with Gasteiger partial charge in [-0.1, -0.05) is 42.5 Å². The molecule has 0 spiro atoms. The fourth-order valence-corrected chi connectivity index (χ4v) is 4.24. The van der Waals surface area contributed by atoms with Gasteiger partial charge in [-0.25, -0.2) is 9.59 Å². The molecule has 0 aliphatic heterocycles. The molecule has 17 heteroatoms. The van der Waals surface area contributed by atoms with Gasteiger partial charge in [0.25, 0.3) is 11.8 Å². The van der Waals surface area contributed by atoms with E-state index in [0.717, 1.165) is 15.8 Å². The molecule has 0 bridgehead atoms. The van der Waals surface area contributed by atoms with Crippen LogP contribution in [0.2, 0.25) is 0 Å². The number of para-hydroxylation sites is 1. The van der Waals surface area contributed by atoms with E-state index in [2.05, 4.69) is 10.1 Å². The summed E-state index contributed by atoms with van der Waals surface area (Å²) in [5.41, 5.74) is 13.2. The van der Waals surface area contributed by atoms with Crippen molar-refractivity contribution in [1.29, 1.82) is 5.41 Å². The SMILES string of the molecule is COc1cc(C(Cc2ccc(C(=N)N)cc2)c2nn(-c3ccccc3C(N)=O)c(=O)[nH]2)ccc1OCC(=O)N(C)C.O=C(O)C(F)(F)F. The Labute approximate surface area is 271 Å². The van der Waals surface area contributed by atoms with Gasteiger partial charge in [0, 0.05) is 25.6 Å². The number of amides is 2. The zero-order valence-corrected chi connectivity index (χ0v) is 25.9. The van der Waals surface area contributed by atoms with E-state index in [1.807, 2.05) is 12.1 Å². The maximum Gasteiger partial charge on any atom is 0.490 e. The molecule has 3 aromatic carbocycles. The Hall–Kier alpha value is -6.13. The summed E-state index contributed by atoms with van der Waals surface area (Å²) in [6, 6.07) is 18.9. The van der Waals surface area contributed by atoms with Crippen LogP contribution in [-0.4, -0.2) is 82.4 Å². The highest BCUT2D eigenvalue weighted by atomic mass is 19.4. The Bertz CT molecular complexity index is 1850. The average molecular weight is 672 g/mol. The number of hydrogen-bond donors (Lipinski definition) is 5. The molecule has 1 unspecified atom stereocenters. The van der Waals surface area contributed by atoms with Crippen LogP contribution < -0.4 is 26.6 Å². The molecule has 1 aromatic heterocycles. The quantitative estimate of drug-likeness (QED) is 0.117. The second kappa shape index (κ2) is 15.4. The standard InChI is InChI=1S/C29H31N7O5.C2HF3O2/c1-35(2)25(37)16-41-23-13-12-19(15-24(23)40-3)21(14-17-8-10-18(11-9-17)26(30)31)28-33-29(39)36(34-28)22-7-5-4-6-20(22)27(32)38;3-2(4,5)1(6)7/h4-13,15,21H,14,16H2,1-3H3,(H3,30,31)(H2,32,38)(H,33,34,39);(H,6,7). The molecule has 14 nitrogen and oxygen atoms in total. The fourth-order valence-electron chi connectivity index (χ4n) is 4.24. The molecule has 0 radical (unpaired) electrons. The number of H-pyrrole nitrogens is 1. The number of ether oxygens (including phenoxy) is 2. The molecule has 0 saturated heterocycles. The van der Waals surface area contributed by atoms with Gasteiger partial charge < -0.3 is 30.9 Å². The maximum absolute atomic E-state index is 13.1. The van der Waals surface area contributed by atoms with Gasteiger partial charge in [0.1, 0.15) is 11.7 Å². The number of aromatic amines is 1. The van der Waals surface area contributed by atoms with Crippen molar-refractivity contribution < 1.29 is 42.1 Å². The van der Waals surface area contributed by atoms with Crippen LogP contribution in [-0.2, 0) is 16.0 Å². The second-order valence-electron chi connectivity index (χ2n) is 10.3. The lowest BCUT2D eigenvalue weighted by molar-refractivity contribution is -0.192. The Balaban J connectivity index is 0.000000804. The number of carbonyl (C=O) groups excluding carboxylic acids is 2. The lowest BCUT2D eigenvalue weighted by atomic mass is 9.90. The van der Waals surface area contributed by atoms with Gasteiger partial charge in [0.2, 0.25) is 0 Å². The number of rotatable bonds is 11. The number of nitrogens with zero attached hydrogens (tertiary/aromatic N) is 3. The number of amidine groups is 1. The third kappa shape index (κ3) is 9.21.